The van der Waals surface area contributed by atoms with Gasteiger partial charge in [-0.2, -0.15) is 0 Å². The summed E-state index contributed by atoms with van der Waals surface area (Å²) in [5, 5.41) is 7.03. The number of guanidine groups is 1. The molecule has 29 heavy (non-hydrogen) atoms. The van der Waals surface area contributed by atoms with Gasteiger partial charge in [0.1, 0.15) is 12.4 Å². The van der Waals surface area contributed by atoms with Gasteiger partial charge in [0.05, 0.1) is 6.54 Å². The third-order valence-corrected chi connectivity index (χ3v) is 5.16. The first-order valence-corrected chi connectivity index (χ1v) is 10.5. The topological polar surface area (TPSA) is 52.1 Å². The molecule has 1 heterocycles. The minimum absolute atomic E-state index is 0. The molecule has 0 amide bonds. The highest BCUT2D eigenvalue weighted by Gasteiger charge is 2.31. The Balaban J connectivity index is 0.00000420. The Kier molecular flexibility index (Phi) is 11.9. The van der Waals surface area contributed by atoms with Crippen LogP contribution in [0.1, 0.15) is 33.3 Å². The summed E-state index contributed by atoms with van der Waals surface area (Å²) in [4.78, 5) is 9.46. The molecule has 1 aromatic carbocycles. The Hall–Kier alpha value is -1.06. The van der Waals surface area contributed by atoms with Gasteiger partial charge in [0.15, 0.2) is 5.96 Å². The van der Waals surface area contributed by atoms with E-state index in [4.69, 9.17) is 9.73 Å². The molecule has 1 aliphatic rings. The van der Waals surface area contributed by atoms with Crippen molar-refractivity contribution in [2.45, 2.75) is 46.3 Å². The molecule has 2 rings (SSSR count). The molecule has 166 valence electrons. The van der Waals surface area contributed by atoms with Gasteiger partial charge in [-0.05, 0) is 58.5 Å². The fraction of sp³-hybridized carbons (Fsp3) is 0.682. The summed E-state index contributed by atoms with van der Waals surface area (Å²) < 4.78 is 5.84. The Labute approximate surface area is 194 Å². The van der Waals surface area contributed by atoms with Crippen molar-refractivity contribution in [1.82, 2.24) is 20.4 Å². The van der Waals surface area contributed by atoms with Crippen molar-refractivity contribution in [3.8, 4) is 5.75 Å². The van der Waals surface area contributed by atoms with E-state index < -0.39 is 0 Å². The lowest BCUT2D eigenvalue weighted by Crippen LogP contribution is -2.46. The molecule has 0 saturated carbocycles. The van der Waals surface area contributed by atoms with Gasteiger partial charge in [-0.3, -0.25) is 4.90 Å². The van der Waals surface area contributed by atoms with Crippen LogP contribution in [0.2, 0.25) is 0 Å². The molecule has 0 aliphatic carbocycles. The summed E-state index contributed by atoms with van der Waals surface area (Å²) in [5.41, 5.74) is 1.16. The Morgan fingerprint density at radius 1 is 1.31 bits per heavy atom. The molecule has 1 aliphatic heterocycles. The maximum Gasteiger partial charge on any atom is 0.191 e. The molecule has 0 spiro atoms. The van der Waals surface area contributed by atoms with Crippen molar-refractivity contribution in [3.63, 3.8) is 0 Å². The largest absolute Gasteiger partial charge is 0.492 e. The molecular formula is C22H40IN5O. The van der Waals surface area contributed by atoms with E-state index in [1.54, 1.807) is 0 Å². The van der Waals surface area contributed by atoms with E-state index in [0.29, 0.717) is 31.2 Å². The van der Waals surface area contributed by atoms with Crippen LogP contribution in [0.4, 0.5) is 0 Å². The van der Waals surface area contributed by atoms with Crippen molar-refractivity contribution < 1.29 is 4.74 Å². The van der Waals surface area contributed by atoms with Crippen molar-refractivity contribution in [2.24, 2.45) is 10.9 Å². The molecule has 2 N–H and O–H groups in total. The second kappa shape index (κ2) is 13.3. The van der Waals surface area contributed by atoms with Gasteiger partial charge in [-0.1, -0.05) is 19.1 Å². The molecule has 0 radical (unpaired) electrons. The molecular weight excluding hydrogens is 477 g/mol. The highest BCUT2D eigenvalue weighted by atomic mass is 127. The first-order valence-electron chi connectivity index (χ1n) is 10.5. The van der Waals surface area contributed by atoms with Gasteiger partial charge in [0.2, 0.25) is 0 Å². The van der Waals surface area contributed by atoms with E-state index in [9.17, 15) is 0 Å². The molecule has 1 aromatic rings. The van der Waals surface area contributed by atoms with Crippen LogP contribution in [0.15, 0.2) is 29.3 Å². The first kappa shape index (κ1) is 26.0. The standard InChI is InChI=1S/C22H39N5O.HI/c1-7-23-22(25-21-16-27(17(2)3)15-18(21)4)24-14-19-9-8-10-20(13-19)28-12-11-26(5)6;/h8-10,13,17-18,21H,7,11-12,14-16H2,1-6H3,(H2,23,24,25);1H. The highest BCUT2D eigenvalue weighted by Crippen LogP contribution is 2.19. The van der Waals surface area contributed by atoms with Gasteiger partial charge in [0.25, 0.3) is 0 Å². The lowest BCUT2D eigenvalue weighted by Gasteiger charge is -2.22. The zero-order valence-electron chi connectivity index (χ0n) is 18.9. The summed E-state index contributed by atoms with van der Waals surface area (Å²) in [6, 6.07) is 9.25. The molecule has 1 saturated heterocycles. The number of hydrogen-bond acceptors (Lipinski definition) is 4. The van der Waals surface area contributed by atoms with Gasteiger partial charge < -0.3 is 20.3 Å². The molecule has 2 unspecified atom stereocenters. The van der Waals surface area contributed by atoms with E-state index in [1.807, 2.05) is 12.1 Å². The average molecular weight is 518 g/mol. The minimum atomic E-state index is 0. The third kappa shape index (κ3) is 9.09. The average Bonchev–Trinajstić information content (AvgIpc) is 3.01. The third-order valence-electron chi connectivity index (χ3n) is 5.16. The zero-order chi connectivity index (χ0) is 20.5. The van der Waals surface area contributed by atoms with E-state index >= 15 is 0 Å². The Morgan fingerprint density at radius 2 is 2.07 bits per heavy atom. The summed E-state index contributed by atoms with van der Waals surface area (Å²) >= 11 is 0. The number of nitrogens with one attached hydrogen (secondary N) is 2. The SMILES string of the molecule is CCNC(=NCc1cccc(OCCN(C)C)c1)NC1CN(C(C)C)CC1C.I. The second-order valence-corrected chi connectivity index (χ2v) is 8.27. The quantitative estimate of drug-likeness (QED) is 0.300. The van der Waals surface area contributed by atoms with Crippen LogP contribution in [-0.4, -0.2) is 74.7 Å². The van der Waals surface area contributed by atoms with Crippen molar-refractivity contribution in [3.05, 3.63) is 29.8 Å². The monoisotopic (exact) mass is 517 g/mol. The van der Waals surface area contributed by atoms with Gasteiger partial charge >= 0.3 is 0 Å². The fourth-order valence-corrected chi connectivity index (χ4v) is 3.36. The maximum atomic E-state index is 5.84. The number of rotatable bonds is 9. The van der Waals surface area contributed by atoms with Crippen molar-refractivity contribution in [2.75, 3.05) is 46.9 Å². The van der Waals surface area contributed by atoms with E-state index in [0.717, 1.165) is 43.5 Å². The summed E-state index contributed by atoms with van der Waals surface area (Å²) in [7, 11) is 4.10. The fourth-order valence-electron chi connectivity index (χ4n) is 3.36. The normalized spacial score (nSPS) is 20.1. The van der Waals surface area contributed by atoms with E-state index in [-0.39, 0.29) is 24.0 Å². The number of halogens is 1. The molecule has 0 aromatic heterocycles. The lowest BCUT2D eigenvalue weighted by molar-refractivity contribution is 0.261. The summed E-state index contributed by atoms with van der Waals surface area (Å²) in [5.74, 6) is 2.41. The van der Waals surface area contributed by atoms with Crippen LogP contribution < -0.4 is 15.4 Å². The second-order valence-electron chi connectivity index (χ2n) is 8.27. The first-order chi connectivity index (χ1) is 13.4. The summed E-state index contributed by atoms with van der Waals surface area (Å²) in [6.45, 7) is 14.2. The predicted molar refractivity (Wildman–Crippen MR) is 134 cm³/mol. The molecule has 7 heteroatoms. The maximum absolute atomic E-state index is 5.84. The number of benzene rings is 1. The van der Waals surface area contributed by atoms with Gasteiger partial charge in [-0.15, -0.1) is 24.0 Å². The van der Waals surface area contributed by atoms with Crippen LogP contribution in [0.25, 0.3) is 0 Å². The van der Waals surface area contributed by atoms with Crippen LogP contribution in [0.3, 0.4) is 0 Å². The number of aliphatic imine (C=N–C) groups is 1. The van der Waals surface area contributed by atoms with Crippen LogP contribution >= 0.6 is 24.0 Å². The van der Waals surface area contributed by atoms with Gasteiger partial charge in [-0.25, -0.2) is 4.99 Å². The van der Waals surface area contributed by atoms with Crippen LogP contribution in [-0.2, 0) is 6.54 Å². The number of ether oxygens (including phenoxy) is 1. The van der Waals surface area contributed by atoms with Crippen LogP contribution in [0, 0.1) is 5.92 Å². The Morgan fingerprint density at radius 3 is 2.69 bits per heavy atom. The molecule has 2 atom stereocenters. The lowest BCUT2D eigenvalue weighted by atomic mass is 10.1. The van der Waals surface area contributed by atoms with Crippen molar-refractivity contribution >= 4 is 29.9 Å². The predicted octanol–water partition coefficient (Wildman–Crippen LogP) is 3.03. The molecule has 0 bridgehead atoms. The minimum Gasteiger partial charge on any atom is -0.492 e. The van der Waals surface area contributed by atoms with E-state index in [2.05, 4.69) is 74.4 Å². The van der Waals surface area contributed by atoms with Gasteiger partial charge in [0, 0.05) is 38.3 Å². The van der Waals surface area contributed by atoms with E-state index in [1.165, 1.54) is 0 Å². The number of hydrogen-bond donors (Lipinski definition) is 2. The Bertz CT molecular complexity index is 623. The molecule has 6 nitrogen and oxygen atoms in total. The smallest absolute Gasteiger partial charge is 0.191 e. The number of likely N-dealkylation sites (tertiary alicyclic amines) is 1. The van der Waals surface area contributed by atoms with Crippen molar-refractivity contribution in [1.29, 1.82) is 0 Å². The molecule has 1 fully saturated rings. The zero-order valence-corrected chi connectivity index (χ0v) is 21.3. The summed E-state index contributed by atoms with van der Waals surface area (Å²) in [6.07, 6.45) is 0. The highest BCUT2D eigenvalue weighted by molar-refractivity contribution is 14.0. The van der Waals surface area contributed by atoms with Crippen LogP contribution in [0.5, 0.6) is 5.75 Å². The number of likely N-dealkylation sites (N-methyl/N-ethyl adjacent to an activating group) is 1. The number of nitrogens with zero attached hydrogens (tertiary/aromatic N) is 3.